The van der Waals surface area contributed by atoms with Gasteiger partial charge in [-0.2, -0.15) is 0 Å². The van der Waals surface area contributed by atoms with E-state index in [2.05, 4.69) is 56.0 Å². The summed E-state index contributed by atoms with van der Waals surface area (Å²) in [6, 6.07) is 6.67. The Bertz CT molecular complexity index is 480. The highest BCUT2D eigenvalue weighted by atomic mass is 15.0. The van der Waals surface area contributed by atoms with E-state index in [9.17, 15) is 0 Å². The molecule has 1 N–H and O–H groups in total. The van der Waals surface area contributed by atoms with Crippen molar-refractivity contribution in [1.82, 2.24) is 9.88 Å². The average molecular weight is 202 g/mol. The van der Waals surface area contributed by atoms with Crippen molar-refractivity contribution in [2.45, 2.75) is 20.4 Å². The van der Waals surface area contributed by atoms with Gasteiger partial charge in [0.15, 0.2) is 0 Å². The van der Waals surface area contributed by atoms with Crippen LogP contribution in [0.5, 0.6) is 0 Å². The van der Waals surface area contributed by atoms with Gasteiger partial charge in [-0.25, -0.2) is 0 Å². The van der Waals surface area contributed by atoms with Gasteiger partial charge in [-0.3, -0.25) is 0 Å². The highest BCUT2D eigenvalue weighted by Gasteiger charge is 2.04. The van der Waals surface area contributed by atoms with Crippen molar-refractivity contribution in [2.75, 3.05) is 14.1 Å². The molecule has 0 saturated heterocycles. The Labute approximate surface area is 90.9 Å². The summed E-state index contributed by atoms with van der Waals surface area (Å²) in [6.45, 7) is 5.29. The van der Waals surface area contributed by atoms with E-state index in [1.165, 1.54) is 27.7 Å². The molecule has 2 aromatic rings. The molecule has 0 aliphatic rings. The Kier molecular flexibility index (Phi) is 2.53. The molecular formula is C13H18N2. The molecule has 2 rings (SSSR count). The van der Waals surface area contributed by atoms with E-state index in [4.69, 9.17) is 0 Å². The number of nitrogens with zero attached hydrogens (tertiary/aromatic N) is 1. The topological polar surface area (TPSA) is 19.0 Å². The van der Waals surface area contributed by atoms with Gasteiger partial charge in [0, 0.05) is 23.1 Å². The van der Waals surface area contributed by atoms with Crippen LogP contribution in [0, 0.1) is 13.8 Å². The Morgan fingerprint density at radius 2 is 1.93 bits per heavy atom. The predicted octanol–water partition coefficient (Wildman–Crippen LogP) is 2.85. The van der Waals surface area contributed by atoms with Crippen LogP contribution in [-0.4, -0.2) is 24.0 Å². The first-order chi connectivity index (χ1) is 7.08. The lowest BCUT2D eigenvalue weighted by atomic mass is 10.1. The second-order valence-electron chi connectivity index (χ2n) is 4.49. The first-order valence-electron chi connectivity index (χ1n) is 5.30. The molecule has 1 heterocycles. The number of benzene rings is 1. The van der Waals surface area contributed by atoms with Crippen LogP contribution < -0.4 is 0 Å². The van der Waals surface area contributed by atoms with Crippen LogP contribution in [0.15, 0.2) is 18.2 Å². The standard InChI is InChI=1S/C13H18N2/c1-9-10(2)14-13-7-11(8-15(3)4)5-6-12(9)13/h5-7,14H,8H2,1-4H3. The highest BCUT2D eigenvalue weighted by molar-refractivity contribution is 5.84. The van der Waals surface area contributed by atoms with Crippen LogP contribution in [0.4, 0.5) is 0 Å². The molecule has 1 aromatic heterocycles. The van der Waals surface area contributed by atoms with Crippen molar-refractivity contribution in [3.8, 4) is 0 Å². The van der Waals surface area contributed by atoms with Crippen LogP contribution in [0.2, 0.25) is 0 Å². The minimum atomic E-state index is 0.993. The Hall–Kier alpha value is -1.28. The fraction of sp³-hybridized carbons (Fsp3) is 0.385. The smallest absolute Gasteiger partial charge is 0.0462 e. The fourth-order valence-corrected chi connectivity index (χ4v) is 1.98. The molecule has 2 nitrogen and oxygen atoms in total. The maximum absolute atomic E-state index is 3.42. The Morgan fingerprint density at radius 3 is 2.60 bits per heavy atom. The van der Waals surface area contributed by atoms with Gasteiger partial charge >= 0.3 is 0 Å². The lowest BCUT2D eigenvalue weighted by Crippen LogP contribution is -2.10. The normalized spacial score (nSPS) is 11.5. The van der Waals surface area contributed by atoms with Gasteiger partial charge in [0.2, 0.25) is 0 Å². The summed E-state index contributed by atoms with van der Waals surface area (Å²) in [4.78, 5) is 5.61. The molecule has 0 fully saturated rings. The number of hydrogen-bond donors (Lipinski definition) is 1. The number of H-pyrrole nitrogens is 1. The molecule has 0 aliphatic heterocycles. The van der Waals surface area contributed by atoms with E-state index in [0.717, 1.165) is 6.54 Å². The van der Waals surface area contributed by atoms with Crippen molar-refractivity contribution in [2.24, 2.45) is 0 Å². The molecule has 0 bridgehead atoms. The summed E-state index contributed by atoms with van der Waals surface area (Å²) in [5, 5.41) is 1.34. The van der Waals surface area contributed by atoms with E-state index >= 15 is 0 Å². The lowest BCUT2D eigenvalue weighted by molar-refractivity contribution is 0.403. The minimum absolute atomic E-state index is 0.993. The van der Waals surface area contributed by atoms with Gasteiger partial charge in [0.05, 0.1) is 0 Å². The van der Waals surface area contributed by atoms with Crippen molar-refractivity contribution in [3.05, 3.63) is 35.0 Å². The zero-order valence-electron chi connectivity index (χ0n) is 9.89. The lowest BCUT2D eigenvalue weighted by Gasteiger charge is -2.09. The molecule has 0 unspecified atom stereocenters. The maximum atomic E-state index is 3.42. The molecule has 0 saturated carbocycles. The monoisotopic (exact) mass is 202 g/mol. The number of fused-ring (bicyclic) bond motifs is 1. The van der Waals surface area contributed by atoms with Crippen LogP contribution in [-0.2, 0) is 6.54 Å². The SMILES string of the molecule is Cc1[nH]c2cc(CN(C)C)ccc2c1C. The summed E-state index contributed by atoms with van der Waals surface area (Å²) in [5.41, 5.74) is 5.24. The van der Waals surface area contributed by atoms with Gasteiger partial charge in [-0.05, 0) is 45.1 Å². The van der Waals surface area contributed by atoms with Crippen LogP contribution in [0.1, 0.15) is 16.8 Å². The molecule has 15 heavy (non-hydrogen) atoms. The number of aryl methyl sites for hydroxylation is 2. The fourth-order valence-electron chi connectivity index (χ4n) is 1.98. The molecule has 0 atom stereocenters. The zero-order chi connectivity index (χ0) is 11.0. The van der Waals surface area contributed by atoms with Gasteiger partial charge in [-0.15, -0.1) is 0 Å². The van der Waals surface area contributed by atoms with E-state index in [1.54, 1.807) is 0 Å². The third kappa shape index (κ3) is 1.90. The summed E-state index contributed by atoms with van der Waals surface area (Å²) < 4.78 is 0. The van der Waals surface area contributed by atoms with Gasteiger partial charge in [-0.1, -0.05) is 12.1 Å². The Balaban J connectivity index is 2.47. The van der Waals surface area contributed by atoms with E-state index in [1.807, 2.05) is 0 Å². The summed E-state index contributed by atoms with van der Waals surface area (Å²) in [7, 11) is 4.19. The molecule has 0 spiro atoms. The first-order valence-corrected chi connectivity index (χ1v) is 5.30. The third-order valence-electron chi connectivity index (χ3n) is 2.87. The second-order valence-corrected chi connectivity index (χ2v) is 4.49. The largest absolute Gasteiger partial charge is 0.358 e. The van der Waals surface area contributed by atoms with E-state index in [0.29, 0.717) is 0 Å². The van der Waals surface area contributed by atoms with Gasteiger partial charge in [0.1, 0.15) is 0 Å². The van der Waals surface area contributed by atoms with Crippen molar-refractivity contribution >= 4 is 10.9 Å². The third-order valence-corrected chi connectivity index (χ3v) is 2.87. The molecule has 0 amide bonds. The summed E-state index contributed by atoms with van der Waals surface area (Å²) in [6.07, 6.45) is 0. The molecular weight excluding hydrogens is 184 g/mol. The first kappa shape index (κ1) is 10.2. The minimum Gasteiger partial charge on any atom is -0.358 e. The number of aromatic amines is 1. The molecule has 1 aromatic carbocycles. The van der Waals surface area contributed by atoms with Crippen molar-refractivity contribution in [1.29, 1.82) is 0 Å². The zero-order valence-corrected chi connectivity index (χ0v) is 9.89. The van der Waals surface area contributed by atoms with Gasteiger partial charge in [0.25, 0.3) is 0 Å². The number of aromatic nitrogens is 1. The Morgan fingerprint density at radius 1 is 1.20 bits per heavy atom. The van der Waals surface area contributed by atoms with Crippen LogP contribution >= 0.6 is 0 Å². The van der Waals surface area contributed by atoms with E-state index < -0.39 is 0 Å². The number of hydrogen-bond acceptors (Lipinski definition) is 1. The highest BCUT2D eigenvalue weighted by Crippen LogP contribution is 2.22. The summed E-state index contributed by atoms with van der Waals surface area (Å²) >= 11 is 0. The van der Waals surface area contributed by atoms with Crippen molar-refractivity contribution < 1.29 is 0 Å². The molecule has 2 heteroatoms. The second kappa shape index (κ2) is 3.70. The predicted molar refractivity (Wildman–Crippen MR) is 65.2 cm³/mol. The molecule has 0 aliphatic carbocycles. The van der Waals surface area contributed by atoms with Gasteiger partial charge < -0.3 is 9.88 Å². The number of rotatable bonds is 2. The van der Waals surface area contributed by atoms with Crippen LogP contribution in [0.3, 0.4) is 0 Å². The quantitative estimate of drug-likeness (QED) is 0.793. The summed E-state index contributed by atoms with van der Waals surface area (Å²) in [5.74, 6) is 0. The molecule has 80 valence electrons. The molecule has 0 radical (unpaired) electrons. The van der Waals surface area contributed by atoms with Crippen molar-refractivity contribution in [3.63, 3.8) is 0 Å². The number of nitrogens with one attached hydrogen (secondary N) is 1. The van der Waals surface area contributed by atoms with Crippen LogP contribution in [0.25, 0.3) is 10.9 Å². The van der Waals surface area contributed by atoms with E-state index in [-0.39, 0.29) is 0 Å². The maximum Gasteiger partial charge on any atom is 0.0462 e. The average Bonchev–Trinajstić information content (AvgIpc) is 2.41.